The highest BCUT2D eigenvalue weighted by Gasteiger charge is 2.12. The van der Waals surface area contributed by atoms with E-state index in [9.17, 15) is 9.59 Å². The van der Waals surface area contributed by atoms with Crippen LogP contribution >= 0.6 is 0 Å². The van der Waals surface area contributed by atoms with Crippen molar-refractivity contribution in [1.29, 1.82) is 0 Å². The normalized spacial score (nSPS) is 10.9. The summed E-state index contributed by atoms with van der Waals surface area (Å²) in [5, 5.41) is 7.16. The Balaban J connectivity index is 1.57. The number of benzene rings is 2. The molecular weight excluding hydrogens is 364 g/mol. The number of nitrogens with one attached hydrogen (secondary N) is 1. The number of anilines is 1. The number of nitrogens with zero attached hydrogens (tertiary/aromatic N) is 3. The molecular formula is C23H24N4O2. The maximum Gasteiger partial charge on any atom is 0.246 e. The molecule has 1 heterocycles. The molecule has 29 heavy (non-hydrogen) atoms. The van der Waals surface area contributed by atoms with Gasteiger partial charge in [0.05, 0.1) is 18.4 Å². The molecule has 2 aromatic carbocycles. The van der Waals surface area contributed by atoms with E-state index in [0.717, 1.165) is 28.1 Å². The average Bonchev–Trinajstić information content (AvgIpc) is 3.18. The summed E-state index contributed by atoms with van der Waals surface area (Å²) in [5.74, 6) is -0.492. The second kappa shape index (κ2) is 9.01. The molecule has 0 aliphatic carbocycles. The number of hydrogen-bond donors (Lipinski definition) is 1. The van der Waals surface area contributed by atoms with Crippen LogP contribution in [0.4, 0.5) is 5.69 Å². The van der Waals surface area contributed by atoms with Gasteiger partial charge < -0.3 is 10.2 Å². The van der Waals surface area contributed by atoms with Crippen LogP contribution in [0.3, 0.4) is 0 Å². The van der Waals surface area contributed by atoms with Crippen LogP contribution < -0.4 is 5.32 Å². The lowest BCUT2D eigenvalue weighted by Gasteiger charge is -2.16. The summed E-state index contributed by atoms with van der Waals surface area (Å²) in [5.41, 5.74) is 4.55. The Morgan fingerprint density at radius 2 is 1.90 bits per heavy atom. The second-order valence-corrected chi connectivity index (χ2v) is 6.95. The number of hydrogen-bond acceptors (Lipinski definition) is 3. The average molecular weight is 388 g/mol. The largest absolute Gasteiger partial charge is 0.333 e. The minimum atomic E-state index is -0.256. The van der Waals surface area contributed by atoms with Crippen LogP contribution in [0.25, 0.3) is 11.8 Å². The summed E-state index contributed by atoms with van der Waals surface area (Å²) in [6.07, 6.45) is 6.65. The minimum absolute atomic E-state index is 0.0279. The first-order valence-electron chi connectivity index (χ1n) is 9.33. The fraction of sp³-hybridized carbons (Fsp3) is 0.174. The number of aromatic nitrogens is 2. The maximum atomic E-state index is 12.3. The molecule has 0 aliphatic heterocycles. The number of para-hydroxylation sites is 1. The Hall–Kier alpha value is -3.67. The van der Waals surface area contributed by atoms with E-state index < -0.39 is 0 Å². The third-order valence-electron chi connectivity index (χ3n) is 4.47. The summed E-state index contributed by atoms with van der Waals surface area (Å²) in [4.78, 5) is 26.0. The van der Waals surface area contributed by atoms with Gasteiger partial charge in [0.2, 0.25) is 11.8 Å². The van der Waals surface area contributed by atoms with Gasteiger partial charge in [-0.1, -0.05) is 30.3 Å². The first-order valence-corrected chi connectivity index (χ1v) is 9.33. The zero-order valence-electron chi connectivity index (χ0n) is 16.8. The van der Waals surface area contributed by atoms with Gasteiger partial charge in [0, 0.05) is 30.6 Å². The number of carbonyl (C=O) groups is 2. The summed E-state index contributed by atoms with van der Waals surface area (Å²) in [6.45, 7) is 3.87. The topological polar surface area (TPSA) is 67.2 Å². The number of carbonyl (C=O) groups excluding carboxylic acids is 2. The predicted molar refractivity (Wildman–Crippen MR) is 115 cm³/mol. The molecule has 6 nitrogen and oxygen atoms in total. The van der Waals surface area contributed by atoms with Gasteiger partial charge >= 0.3 is 0 Å². The zero-order valence-corrected chi connectivity index (χ0v) is 16.8. The van der Waals surface area contributed by atoms with E-state index in [0.29, 0.717) is 0 Å². The van der Waals surface area contributed by atoms with Crippen LogP contribution in [0.15, 0.2) is 67.0 Å². The SMILES string of the molecule is Cc1ccc(C)c(NC(=O)CN(C)C(=O)/C=C/c2cnn(-c3ccccc3)c2)c1. The van der Waals surface area contributed by atoms with Crippen molar-refractivity contribution in [3.63, 3.8) is 0 Å². The fourth-order valence-corrected chi connectivity index (χ4v) is 2.79. The number of rotatable bonds is 6. The van der Waals surface area contributed by atoms with Gasteiger partial charge in [-0.25, -0.2) is 4.68 Å². The van der Waals surface area contributed by atoms with Crippen molar-refractivity contribution in [2.45, 2.75) is 13.8 Å². The zero-order chi connectivity index (χ0) is 20.8. The highest BCUT2D eigenvalue weighted by Crippen LogP contribution is 2.16. The molecule has 2 amide bonds. The lowest BCUT2D eigenvalue weighted by atomic mass is 10.1. The van der Waals surface area contributed by atoms with Crippen LogP contribution in [-0.2, 0) is 9.59 Å². The lowest BCUT2D eigenvalue weighted by molar-refractivity contribution is -0.129. The Morgan fingerprint density at radius 1 is 1.14 bits per heavy atom. The summed E-state index contributed by atoms with van der Waals surface area (Å²) < 4.78 is 1.74. The molecule has 0 saturated carbocycles. The Labute approximate surface area is 170 Å². The van der Waals surface area contributed by atoms with Gasteiger partial charge in [-0.15, -0.1) is 0 Å². The van der Waals surface area contributed by atoms with E-state index in [1.54, 1.807) is 24.0 Å². The number of aryl methyl sites for hydroxylation is 2. The molecule has 0 bridgehead atoms. The Kier molecular flexibility index (Phi) is 6.24. The van der Waals surface area contributed by atoms with Crippen LogP contribution in [0, 0.1) is 13.8 Å². The minimum Gasteiger partial charge on any atom is -0.333 e. The van der Waals surface area contributed by atoms with E-state index in [2.05, 4.69) is 10.4 Å². The van der Waals surface area contributed by atoms with Crippen molar-refractivity contribution in [2.75, 3.05) is 18.9 Å². The van der Waals surface area contributed by atoms with Crippen molar-refractivity contribution in [3.8, 4) is 5.69 Å². The van der Waals surface area contributed by atoms with E-state index >= 15 is 0 Å². The monoisotopic (exact) mass is 388 g/mol. The van der Waals surface area contributed by atoms with Gasteiger partial charge in [0.15, 0.2) is 0 Å². The summed E-state index contributed by atoms with van der Waals surface area (Å²) in [7, 11) is 1.60. The molecule has 1 N–H and O–H groups in total. The Morgan fingerprint density at radius 3 is 2.66 bits per heavy atom. The molecule has 0 aliphatic rings. The molecule has 0 unspecified atom stereocenters. The molecule has 3 aromatic rings. The second-order valence-electron chi connectivity index (χ2n) is 6.95. The Bertz CT molecular complexity index is 1040. The van der Waals surface area contributed by atoms with Crippen molar-refractivity contribution >= 4 is 23.6 Å². The van der Waals surface area contributed by atoms with Crippen LogP contribution in [0.5, 0.6) is 0 Å². The van der Waals surface area contributed by atoms with Gasteiger partial charge in [-0.3, -0.25) is 9.59 Å². The van der Waals surface area contributed by atoms with Crippen molar-refractivity contribution in [3.05, 3.63) is 83.7 Å². The quantitative estimate of drug-likeness (QED) is 0.656. The molecule has 3 rings (SSSR count). The maximum absolute atomic E-state index is 12.3. The van der Waals surface area contributed by atoms with Gasteiger partial charge in [0.1, 0.15) is 0 Å². The molecule has 6 heteroatoms. The molecule has 0 atom stereocenters. The third-order valence-corrected chi connectivity index (χ3v) is 4.47. The molecule has 0 spiro atoms. The molecule has 0 fully saturated rings. The van der Waals surface area contributed by atoms with E-state index in [1.807, 2.05) is 68.6 Å². The van der Waals surface area contributed by atoms with Gasteiger partial charge in [0.25, 0.3) is 0 Å². The predicted octanol–water partition coefficient (Wildman–Crippen LogP) is 3.60. The smallest absolute Gasteiger partial charge is 0.246 e. The summed E-state index contributed by atoms with van der Waals surface area (Å²) >= 11 is 0. The molecule has 0 radical (unpaired) electrons. The summed E-state index contributed by atoms with van der Waals surface area (Å²) in [6, 6.07) is 15.6. The number of likely N-dealkylation sites (N-methyl/N-ethyl adjacent to an activating group) is 1. The fourth-order valence-electron chi connectivity index (χ4n) is 2.79. The van der Waals surface area contributed by atoms with E-state index in [-0.39, 0.29) is 18.4 Å². The molecule has 1 aromatic heterocycles. The van der Waals surface area contributed by atoms with Gasteiger partial charge in [-0.05, 0) is 49.2 Å². The van der Waals surface area contributed by atoms with Crippen molar-refractivity contribution in [2.24, 2.45) is 0 Å². The highest BCUT2D eigenvalue weighted by molar-refractivity contribution is 5.98. The van der Waals surface area contributed by atoms with E-state index in [1.165, 1.54) is 11.0 Å². The van der Waals surface area contributed by atoms with Crippen LogP contribution in [-0.4, -0.2) is 40.1 Å². The number of amides is 2. The molecule has 0 saturated heterocycles. The van der Waals surface area contributed by atoms with Crippen LogP contribution in [0.1, 0.15) is 16.7 Å². The van der Waals surface area contributed by atoms with Crippen molar-refractivity contribution in [1.82, 2.24) is 14.7 Å². The third kappa shape index (κ3) is 5.42. The first-order chi connectivity index (χ1) is 13.9. The standard InChI is InChI=1S/C23H24N4O2/c1-17-9-10-18(2)21(13-17)25-22(28)16-26(3)23(29)12-11-19-14-24-27(15-19)20-7-5-4-6-8-20/h4-15H,16H2,1-3H3,(H,25,28)/b12-11+. The van der Waals surface area contributed by atoms with Gasteiger partial charge in [-0.2, -0.15) is 5.10 Å². The highest BCUT2D eigenvalue weighted by atomic mass is 16.2. The van der Waals surface area contributed by atoms with E-state index in [4.69, 9.17) is 0 Å². The van der Waals surface area contributed by atoms with Crippen LogP contribution in [0.2, 0.25) is 0 Å². The lowest BCUT2D eigenvalue weighted by Crippen LogP contribution is -2.34. The first kappa shape index (κ1) is 20.1. The molecule has 148 valence electrons. The van der Waals surface area contributed by atoms with Crippen molar-refractivity contribution < 1.29 is 9.59 Å².